The third-order valence-electron chi connectivity index (χ3n) is 4.48. The van der Waals surface area contributed by atoms with Crippen LogP contribution in [0.2, 0.25) is 0 Å². The second-order valence-electron chi connectivity index (χ2n) is 6.28. The van der Waals surface area contributed by atoms with Crippen LogP contribution in [0.1, 0.15) is 11.5 Å². The number of nitrogens with zero attached hydrogens (tertiary/aromatic N) is 2. The number of hydrogen-bond donors (Lipinski definition) is 0. The Bertz CT molecular complexity index is 1270. The zero-order valence-corrected chi connectivity index (χ0v) is 15.4. The Labute approximate surface area is 163 Å². The molecule has 28 heavy (non-hydrogen) atoms. The molecule has 0 amide bonds. The van der Waals surface area contributed by atoms with Gasteiger partial charge in [0.05, 0.1) is 12.7 Å². The average molecular weight is 390 g/mol. The molecule has 0 atom stereocenters. The molecule has 0 saturated heterocycles. The maximum absolute atomic E-state index is 12.3. The molecule has 3 aromatic heterocycles. The van der Waals surface area contributed by atoms with Gasteiger partial charge in [-0.3, -0.25) is 4.79 Å². The van der Waals surface area contributed by atoms with E-state index in [0.29, 0.717) is 5.82 Å². The summed E-state index contributed by atoms with van der Waals surface area (Å²) in [6.07, 6.45) is 1.71. The van der Waals surface area contributed by atoms with E-state index in [9.17, 15) is 4.79 Å². The maximum Gasteiger partial charge on any atom is 0.310 e. The van der Waals surface area contributed by atoms with Gasteiger partial charge in [0.2, 0.25) is 5.82 Å². The van der Waals surface area contributed by atoms with Crippen LogP contribution in [0.4, 0.5) is 0 Å². The number of carbonyl (C=O) groups excluding carboxylic acids is 1. The van der Waals surface area contributed by atoms with Crippen LogP contribution in [0.3, 0.4) is 0 Å². The largest absolute Gasteiger partial charge is 0.464 e. The fraction of sp³-hybridized carbons (Fsp3) is 0.0952. The number of rotatable bonds is 5. The molecule has 3 heterocycles. The van der Waals surface area contributed by atoms with Crippen molar-refractivity contribution in [2.24, 2.45) is 0 Å². The molecule has 7 heteroatoms. The Morgan fingerprint density at radius 3 is 2.96 bits per heavy atom. The number of fused-ring (bicyclic) bond motifs is 3. The molecule has 0 N–H and O–H groups in total. The second-order valence-corrected chi connectivity index (χ2v) is 7.06. The summed E-state index contributed by atoms with van der Waals surface area (Å²) in [5.74, 6) is 0.363. The van der Waals surface area contributed by atoms with E-state index in [1.54, 1.807) is 17.6 Å². The number of furan rings is 1. The van der Waals surface area contributed by atoms with E-state index >= 15 is 0 Å². The lowest BCUT2D eigenvalue weighted by Gasteiger charge is -2.03. The molecule has 0 bridgehead atoms. The van der Waals surface area contributed by atoms with Crippen molar-refractivity contribution in [1.29, 1.82) is 0 Å². The molecule has 0 spiro atoms. The SMILES string of the molecule is O=C(Cc1coc2ccc3ccccc3c12)OCc1nc(-c2ccsc2)no1. The van der Waals surface area contributed by atoms with Gasteiger partial charge in [0.25, 0.3) is 5.89 Å². The van der Waals surface area contributed by atoms with E-state index < -0.39 is 0 Å². The van der Waals surface area contributed by atoms with Gasteiger partial charge < -0.3 is 13.7 Å². The summed E-state index contributed by atoms with van der Waals surface area (Å²) in [6, 6.07) is 13.8. The highest BCUT2D eigenvalue weighted by molar-refractivity contribution is 7.08. The highest BCUT2D eigenvalue weighted by Crippen LogP contribution is 2.30. The minimum atomic E-state index is -0.383. The molecular weight excluding hydrogens is 376 g/mol. The lowest BCUT2D eigenvalue weighted by molar-refractivity contribution is -0.144. The predicted molar refractivity (Wildman–Crippen MR) is 105 cm³/mol. The predicted octanol–water partition coefficient (Wildman–Crippen LogP) is 4.98. The first-order chi connectivity index (χ1) is 13.8. The molecule has 0 unspecified atom stereocenters. The van der Waals surface area contributed by atoms with Crippen molar-refractivity contribution in [2.45, 2.75) is 13.0 Å². The molecule has 0 fully saturated rings. The van der Waals surface area contributed by atoms with E-state index in [1.807, 2.05) is 53.2 Å². The molecule has 5 aromatic rings. The molecule has 6 nitrogen and oxygen atoms in total. The van der Waals surface area contributed by atoms with Crippen molar-refractivity contribution in [1.82, 2.24) is 10.1 Å². The maximum atomic E-state index is 12.3. The zero-order chi connectivity index (χ0) is 18.9. The van der Waals surface area contributed by atoms with E-state index in [2.05, 4.69) is 10.1 Å². The Hall–Kier alpha value is -3.45. The van der Waals surface area contributed by atoms with E-state index in [4.69, 9.17) is 13.7 Å². The Morgan fingerprint density at radius 2 is 2.07 bits per heavy atom. The first-order valence-electron chi connectivity index (χ1n) is 8.66. The third kappa shape index (κ3) is 3.05. The molecule has 138 valence electrons. The van der Waals surface area contributed by atoms with Crippen LogP contribution in [-0.2, 0) is 22.6 Å². The number of thiophene rings is 1. The lowest BCUT2D eigenvalue weighted by atomic mass is 10.0. The van der Waals surface area contributed by atoms with Gasteiger partial charge in [0.15, 0.2) is 6.61 Å². The summed E-state index contributed by atoms with van der Waals surface area (Å²) >= 11 is 1.55. The molecule has 0 aliphatic rings. The van der Waals surface area contributed by atoms with Gasteiger partial charge in [-0.05, 0) is 28.3 Å². The fourth-order valence-corrected chi connectivity index (χ4v) is 3.81. The summed E-state index contributed by atoms with van der Waals surface area (Å²) in [5.41, 5.74) is 2.42. The van der Waals surface area contributed by atoms with Crippen molar-refractivity contribution < 1.29 is 18.5 Å². The van der Waals surface area contributed by atoms with Gasteiger partial charge in [0.1, 0.15) is 5.58 Å². The van der Waals surface area contributed by atoms with Crippen molar-refractivity contribution in [3.8, 4) is 11.4 Å². The quantitative estimate of drug-likeness (QED) is 0.394. The molecule has 0 radical (unpaired) electrons. The van der Waals surface area contributed by atoms with E-state index in [0.717, 1.165) is 32.9 Å². The molecule has 5 rings (SSSR count). The van der Waals surface area contributed by atoms with Crippen LogP contribution in [0.5, 0.6) is 0 Å². The van der Waals surface area contributed by atoms with Crippen molar-refractivity contribution in [3.63, 3.8) is 0 Å². The van der Waals surface area contributed by atoms with Crippen molar-refractivity contribution in [3.05, 3.63) is 70.9 Å². The number of hydrogen-bond acceptors (Lipinski definition) is 7. The zero-order valence-electron chi connectivity index (χ0n) is 14.6. The average Bonchev–Trinajstić information content (AvgIpc) is 3.47. The third-order valence-corrected chi connectivity index (χ3v) is 5.16. The first kappa shape index (κ1) is 16.7. The highest BCUT2D eigenvalue weighted by atomic mass is 32.1. The smallest absolute Gasteiger partial charge is 0.310 e. The molecule has 2 aromatic carbocycles. The fourth-order valence-electron chi connectivity index (χ4n) is 3.18. The summed E-state index contributed by atoms with van der Waals surface area (Å²) < 4.78 is 16.1. The summed E-state index contributed by atoms with van der Waals surface area (Å²) in [6.45, 7) is -0.0630. The van der Waals surface area contributed by atoms with Gasteiger partial charge in [-0.15, -0.1) is 0 Å². The molecule has 0 aliphatic carbocycles. The summed E-state index contributed by atoms with van der Waals surface area (Å²) in [7, 11) is 0. The van der Waals surface area contributed by atoms with Gasteiger partial charge in [-0.2, -0.15) is 16.3 Å². The van der Waals surface area contributed by atoms with E-state index in [1.165, 1.54) is 0 Å². The van der Waals surface area contributed by atoms with Crippen LogP contribution in [0.25, 0.3) is 33.1 Å². The number of carbonyl (C=O) groups is 1. The number of esters is 1. The van der Waals surface area contributed by atoms with Crippen LogP contribution < -0.4 is 0 Å². The second kappa shape index (κ2) is 6.94. The first-order valence-corrected chi connectivity index (χ1v) is 9.61. The van der Waals surface area contributed by atoms with Gasteiger partial charge in [0, 0.05) is 21.9 Å². The Kier molecular flexibility index (Phi) is 4.14. The lowest BCUT2D eigenvalue weighted by Crippen LogP contribution is -2.08. The highest BCUT2D eigenvalue weighted by Gasteiger charge is 2.16. The van der Waals surface area contributed by atoms with Crippen LogP contribution in [-0.4, -0.2) is 16.1 Å². The number of aromatic nitrogens is 2. The van der Waals surface area contributed by atoms with Crippen LogP contribution >= 0.6 is 11.3 Å². The monoisotopic (exact) mass is 390 g/mol. The van der Waals surface area contributed by atoms with Gasteiger partial charge in [-0.1, -0.05) is 35.5 Å². The number of benzene rings is 2. The van der Waals surface area contributed by atoms with Crippen molar-refractivity contribution >= 4 is 39.0 Å². The summed E-state index contributed by atoms with van der Waals surface area (Å²) in [4.78, 5) is 16.6. The summed E-state index contributed by atoms with van der Waals surface area (Å²) in [5, 5.41) is 10.8. The standard InChI is InChI=1S/C21H14N2O4S/c24-19(26-11-18-22-21(23-27-18)14-7-8-28-12-14)9-15-10-25-17-6-5-13-3-1-2-4-16(13)20(15)17/h1-8,10,12H,9,11H2. The molecule has 0 aliphatic heterocycles. The molecular formula is C21H14N2O4S. The topological polar surface area (TPSA) is 78.4 Å². The number of ether oxygens (including phenoxy) is 1. The van der Waals surface area contributed by atoms with Crippen molar-refractivity contribution in [2.75, 3.05) is 0 Å². The normalized spacial score (nSPS) is 11.3. The van der Waals surface area contributed by atoms with E-state index in [-0.39, 0.29) is 24.9 Å². The van der Waals surface area contributed by atoms with Crippen LogP contribution in [0.15, 0.2) is 68.4 Å². The Morgan fingerprint density at radius 1 is 1.14 bits per heavy atom. The minimum absolute atomic E-state index is 0.0630. The van der Waals surface area contributed by atoms with Crippen LogP contribution in [0, 0.1) is 0 Å². The minimum Gasteiger partial charge on any atom is -0.464 e. The van der Waals surface area contributed by atoms with Gasteiger partial charge in [-0.25, -0.2) is 0 Å². The molecule has 0 saturated carbocycles. The Balaban J connectivity index is 1.32. The van der Waals surface area contributed by atoms with Gasteiger partial charge >= 0.3 is 5.97 Å².